The molecule has 28 heavy (non-hydrogen) atoms. The monoisotopic (exact) mass is 392 g/mol. The van der Waals surface area contributed by atoms with Crippen molar-refractivity contribution in [3.05, 3.63) is 0 Å². The van der Waals surface area contributed by atoms with Crippen molar-refractivity contribution in [2.75, 3.05) is 13.2 Å². The minimum Gasteiger partial charge on any atom is -0.377 e. The first-order valence-electron chi connectivity index (χ1n) is 12.2. The second-order valence-corrected chi connectivity index (χ2v) is 10.1. The number of ether oxygens (including phenoxy) is 1. The minimum absolute atomic E-state index is 0.0975. The lowest BCUT2D eigenvalue weighted by Crippen LogP contribution is -2.53. The van der Waals surface area contributed by atoms with Crippen molar-refractivity contribution < 1.29 is 9.53 Å². The van der Waals surface area contributed by atoms with Crippen LogP contribution in [0.25, 0.3) is 0 Å². The summed E-state index contributed by atoms with van der Waals surface area (Å²) in [5.41, 5.74) is 0. The molecular weight excluding hydrogens is 348 g/mol. The van der Waals surface area contributed by atoms with Crippen LogP contribution in [0.1, 0.15) is 97.8 Å². The van der Waals surface area contributed by atoms with Crippen LogP contribution in [0, 0.1) is 11.8 Å². The van der Waals surface area contributed by atoms with Gasteiger partial charge in [0.25, 0.3) is 0 Å². The van der Waals surface area contributed by atoms with Gasteiger partial charge in [-0.25, -0.2) is 0 Å². The molecule has 1 aliphatic heterocycles. The van der Waals surface area contributed by atoms with Crippen LogP contribution in [0.4, 0.5) is 0 Å². The molecule has 1 heterocycles. The standard InChI is InChI=1S/C24H44N2O2/c1-18-15-23(25-20(3)27)16-19(2)26(18)13-14-28-24-11-9-22(10-12-24)17-21-7-5-4-6-8-21/h18-19,21-24H,4-17H2,1-3H3,(H,25,27)/t18-,19+,22?,23?,24?. The van der Waals surface area contributed by atoms with Gasteiger partial charge >= 0.3 is 0 Å². The lowest BCUT2D eigenvalue weighted by molar-refractivity contribution is -0.120. The molecule has 4 heteroatoms. The second kappa shape index (κ2) is 11.0. The average Bonchev–Trinajstić information content (AvgIpc) is 2.65. The molecular formula is C24H44N2O2. The fraction of sp³-hybridized carbons (Fsp3) is 0.958. The summed E-state index contributed by atoms with van der Waals surface area (Å²) in [6.07, 6.45) is 16.8. The molecule has 4 nitrogen and oxygen atoms in total. The lowest BCUT2D eigenvalue weighted by Gasteiger charge is -2.43. The van der Waals surface area contributed by atoms with E-state index < -0.39 is 0 Å². The predicted molar refractivity (Wildman–Crippen MR) is 115 cm³/mol. The largest absolute Gasteiger partial charge is 0.377 e. The number of hydrogen-bond donors (Lipinski definition) is 1. The summed E-state index contributed by atoms with van der Waals surface area (Å²) in [5, 5.41) is 3.11. The molecule has 3 fully saturated rings. The molecule has 2 aliphatic carbocycles. The van der Waals surface area contributed by atoms with Crippen LogP contribution in [0.2, 0.25) is 0 Å². The number of rotatable bonds is 7. The molecule has 3 rings (SSSR count). The molecule has 0 bridgehead atoms. The predicted octanol–water partition coefficient (Wildman–Crippen LogP) is 4.91. The van der Waals surface area contributed by atoms with Gasteiger partial charge in [0.2, 0.25) is 5.91 Å². The smallest absolute Gasteiger partial charge is 0.217 e. The normalized spacial score (nSPS) is 35.6. The van der Waals surface area contributed by atoms with Crippen LogP contribution >= 0.6 is 0 Å². The summed E-state index contributed by atoms with van der Waals surface area (Å²) < 4.78 is 6.30. The van der Waals surface area contributed by atoms with Crippen molar-refractivity contribution in [2.24, 2.45) is 11.8 Å². The number of hydrogen-bond acceptors (Lipinski definition) is 3. The third kappa shape index (κ3) is 6.73. The van der Waals surface area contributed by atoms with Gasteiger partial charge in [-0.3, -0.25) is 9.69 Å². The minimum atomic E-state index is 0.0975. The molecule has 1 saturated heterocycles. The molecule has 0 radical (unpaired) electrons. The summed E-state index contributed by atoms with van der Waals surface area (Å²) >= 11 is 0. The Balaban J connectivity index is 1.30. The van der Waals surface area contributed by atoms with Gasteiger partial charge in [0.1, 0.15) is 0 Å². The van der Waals surface area contributed by atoms with E-state index in [1.165, 1.54) is 64.2 Å². The fourth-order valence-corrected chi connectivity index (χ4v) is 6.22. The number of likely N-dealkylation sites (tertiary alicyclic amines) is 1. The van der Waals surface area contributed by atoms with Crippen molar-refractivity contribution in [3.63, 3.8) is 0 Å². The zero-order valence-electron chi connectivity index (χ0n) is 18.6. The molecule has 0 aromatic heterocycles. The van der Waals surface area contributed by atoms with Gasteiger partial charge in [-0.05, 0) is 70.6 Å². The Bertz CT molecular complexity index is 457. The molecule has 1 unspecified atom stereocenters. The fourth-order valence-electron chi connectivity index (χ4n) is 6.22. The highest BCUT2D eigenvalue weighted by atomic mass is 16.5. The Labute approximate surface area is 173 Å². The first-order chi connectivity index (χ1) is 13.5. The van der Waals surface area contributed by atoms with Gasteiger partial charge in [-0.2, -0.15) is 0 Å². The maximum Gasteiger partial charge on any atom is 0.217 e. The van der Waals surface area contributed by atoms with E-state index >= 15 is 0 Å². The number of carbonyl (C=O) groups is 1. The van der Waals surface area contributed by atoms with E-state index in [1.807, 2.05) is 0 Å². The van der Waals surface area contributed by atoms with Gasteiger partial charge in [0, 0.05) is 31.6 Å². The van der Waals surface area contributed by atoms with Crippen molar-refractivity contribution in [2.45, 2.75) is 122 Å². The molecule has 3 atom stereocenters. The highest BCUT2D eigenvalue weighted by molar-refractivity contribution is 5.73. The molecule has 1 amide bonds. The number of carbonyl (C=O) groups excluding carboxylic acids is 1. The van der Waals surface area contributed by atoms with Crippen LogP contribution < -0.4 is 5.32 Å². The summed E-state index contributed by atoms with van der Waals surface area (Å²) in [4.78, 5) is 13.9. The zero-order valence-corrected chi connectivity index (χ0v) is 18.6. The molecule has 2 saturated carbocycles. The van der Waals surface area contributed by atoms with Crippen molar-refractivity contribution >= 4 is 5.91 Å². The quantitative estimate of drug-likeness (QED) is 0.669. The topological polar surface area (TPSA) is 41.6 Å². The van der Waals surface area contributed by atoms with Gasteiger partial charge in [0.05, 0.1) is 12.7 Å². The third-order valence-corrected chi connectivity index (χ3v) is 7.68. The summed E-state index contributed by atoms with van der Waals surface area (Å²) in [5.74, 6) is 2.09. The Kier molecular flexibility index (Phi) is 8.65. The number of nitrogens with zero attached hydrogens (tertiary/aromatic N) is 1. The first-order valence-corrected chi connectivity index (χ1v) is 12.2. The highest BCUT2D eigenvalue weighted by Gasteiger charge is 2.31. The maximum absolute atomic E-state index is 11.3. The van der Waals surface area contributed by atoms with Crippen LogP contribution in [-0.2, 0) is 9.53 Å². The van der Waals surface area contributed by atoms with E-state index in [0.29, 0.717) is 24.2 Å². The zero-order chi connectivity index (χ0) is 19.9. The maximum atomic E-state index is 11.3. The molecule has 0 aromatic carbocycles. The van der Waals surface area contributed by atoms with Crippen molar-refractivity contribution in [3.8, 4) is 0 Å². The van der Waals surface area contributed by atoms with Gasteiger partial charge in [-0.15, -0.1) is 0 Å². The van der Waals surface area contributed by atoms with Gasteiger partial charge in [-0.1, -0.05) is 32.1 Å². The van der Waals surface area contributed by atoms with E-state index in [-0.39, 0.29) is 5.91 Å². The number of amides is 1. The third-order valence-electron chi connectivity index (χ3n) is 7.68. The highest BCUT2D eigenvalue weighted by Crippen LogP contribution is 2.36. The Hall–Kier alpha value is -0.610. The van der Waals surface area contributed by atoms with Crippen LogP contribution in [-0.4, -0.2) is 48.2 Å². The first kappa shape index (κ1) is 22.1. The summed E-state index contributed by atoms with van der Waals surface area (Å²) in [6, 6.07) is 1.35. The van der Waals surface area contributed by atoms with Crippen LogP contribution in [0.15, 0.2) is 0 Å². The van der Waals surface area contributed by atoms with Gasteiger partial charge < -0.3 is 10.1 Å². The van der Waals surface area contributed by atoms with E-state index in [1.54, 1.807) is 6.92 Å². The summed E-state index contributed by atoms with van der Waals surface area (Å²) in [7, 11) is 0. The Morgan fingerprint density at radius 3 is 2.14 bits per heavy atom. The summed E-state index contributed by atoms with van der Waals surface area (Å²) in [6.45, 7) is 8.09. The Morgan fingerprint density at radius 2 is 1.54 bits per heavy atom. The molecule has 3 aliphatic rings. The number of piperidine rings is 1. The van der Waals surface area contributed by atoms with Crippen molar-refractivity contribution in [1.82, 2.24) is 10.2 Å². The SMILES string of the molecule is CC(=O)NC1C[C@@H](C)N(CCOC2CCC(CC3CCCCC3)CC2)[C@@H](C)C1. The molecule has 0 spiro atoms. The van der Waals surface area contributed by atoms with E-state index in [0.717, 1.165) is 37.8 Å². The molecule has 1 N–H and O–H groups in total. The van der Waals surface area contributed by atoms with Gasteiger partial charge in [0.15, 0.2) is 0 Å². The van der Waals surface area contributed by atoms with Crippen molar-refractivity contribution in [1.29, 1.82) is 0 Å². The second-order valence-electron chi connectivity index (χ2n) is 10.1. The molecule has 162 valence electrons. The van der Waals surface area contributed by atoms with Crippen LogP contribution in [0.5, 0.6) is 0 Å². The Morgan fingerprint density at radius 1 is 0.929 bits per heavy atom. The lowest BCUT2D eigenvalue weighted by atomic mass is 9.77. The van der Waals surface area contributed by atoms with E-state index in [2.05, 4.69) is 24.1 Å². The van der Waals surface area contributed by atoms with Crippen LogP contribution in [0.3, 0.4) is 0 Å². The average molecular weight is 393 g/mol. The van der Waals surface area contributed by atoms with E-state index in [9.17, 15) is 4.79 Å². The number of nitrogens with one attached hydrogen (secondary N) is 1. The van der Waals surface area contributed by atoms with E-state index in [4.69, 9.17) is 4.74 Å². The molecule has 0 aromatic rings.